The van der Waals surface area contributed by atoms with Crippen LogP contribution in [0.4, 0.5) is 4.79 Å². The van der Waals surface area contributed by atoms with Crippen molar-refractivity contribution >= 4 is 12.0 Å². The maximum absolute atomic E-state index is 12.8. The Labute approximate surface area is 126 Å². The number of carboxylic acids is 1. The minimum Gasteiger partial charge on any atom is -0.481 e. The summed E-state index contributed by atoms with van der Waals surface area (Å²) in [6, 6.07) is 0.317. The molecular formula is C15H27N3O3. The van der Waals surface area contributed by atoms with Crippen LogP contribution >= 0.6 is 0 Å². The first kappa shape index (κ1) is 16.1. The number of piperidine rings is 1. The van der Waals surface area contributed by atoms with Gasteiger partial charge in [-0.2, -0.15) is 0 Å². The van der Waals surface area contributed by atoms with Crippen molar-refractivity contribution in [2.24, 2.45) is 11.8 Å². The normalized spacial score (nSPS) is 26.9. The van der Waals surface area contributed by atoms with E-state index in [0.29, 0.717) is 13.1 Å². The molecule has 2 N–H and O–H groups in total. The van der Waals surface area contributed by atoms with E-state index in [4.69, 9.17) is 0 Å². The molecule has 6 heteroatoms. The van der Waals surface area contributed by atoms with Crippen LogP contribution in [0.25, 0.3) is 0 Å². The van der Waals surface area contributed by atoms with Gasteiger partial charge in [-0.05, 0) is 38.3 Å². The summed E-state index contributed by atoms with van der Waals surface area (Å²) in [6.07, 6.45) is 2.90. The number of likely N-dealkylation sites (tertiary alicyclic amines) is 1. The zero-order chi connectivity index (χ0) is 15.4. The molecule has 0 spiro atoms. The highest BCUT2D eigenvalue weighted by molar-refractivity contribution is 5.78. The SMILES string of the molecule is CCCN(C(=O)N1C[C@@H](C)[C@H](C(=O)O)C1)C1CCNCC1. The molecule has 2 fully saturated rings. The number of hydrogen-bond acceptors (Lipinski definition) is 3. The first-order valence-electron chi connectivity index (χ1n) is 8.03. The third-order valence-corrected chi connectivity index (χ3v) is 4.66. The number of carbonyl (C=O) groups excluding carboxylic acids is 1. The molecule has 0 aliphatic carbocycles. The summed E-state index contributed by atoms with van der Waals surface area (Å²) in [6.45, 7) is 7.56. The maximum Gasteiger partial charge on any atom is 0.320 e. The third-order valence-electron chi connectivity index (χ3n) is 4.66. The number of amides is 2. The summed E-state index contributed by atoms with van der Waals surface area (Å²) in [5.41, 5.74) is 0. The van der Waals surface area contributed by atoms with Crippen molar-refractivity contribution in [3.05, 3.63) is 0 Å². The van der Waals surface area contributed by atoms with Crippen molar-refractivity contribution in [1.82, 2.24) is 15.1 Å². The molecule has 2 saturated heterocycles. The lowest BCUT2D eigenvalue weighted by molar-refractivity contribution is -0.142. The molecule has 21 heavy (non-hydrogen) atoms. The first-order chi connectivity index (χ1) is 10.0. The third kappa shape index (κ3) is 3.67. The van der Waals surface area contributed by atoms with Gasteiger partial charge in [-0.15, -0.1) is 0 Å². The second-order valence-electron chi connectivity index (χ2n) is 6.28. The highest BCUT2D eigenvalue weighted by Crippen LogP contribution is 2.25. The van der Waals surface area contributed by atoms with Crippen molar-refractivity contribution in [3.63, 3.8) is 0 Å². The number of nitrogens with one attached hydrogen (secondary N) is 1. The molecule has 6 nitrogen and oxygen atoms in total. The molecule has 2 heterocycles. The largest absolute Gasteiger partial charge is 0.481 e. The lowest BCUT2D eigenvalue weighted by Crippen LogP contribution is -2.51. The topological polar surface area (TPSA) is 72.9 Å². The van der Waals surface area contributed by atoms with Gasteiger partial charge in [0.25, 0.3) is 0 Å². The maximum atomic E-state index is 12.8. The standard InChI is InChI=1S/C15H27N3O3/c1-3-8-18(12-4-6-16-7-5-12)15(21)17-9-11(2)13(10-17)14(19)20/h11-13,16H,3-10H2,1-2H3,(H,19,20)/t11-,13-/m1/s1. The van der Waals surface area contributed by atoms with Crippen molar-refractivity contribution in [2.75, 3.05) is 32.7 Å². The fourth-order valence-corrected chi connectivity index (χ4v) is 3.42. The highest BCUT2D eigenvalue weighted by atomic mass is 16.4. The van der Waals surface area contributed by atoms with Gasteiger partial charge in [-0.3, -0.25) is 4.79 Å². The minimum atomic E-state index is -0.790. The van der Waals surface area contributed by atoms with Crippen LogP contribution < -0.4 is 5.32 Å². The summed E-state index contributed by atoms with van der Waals surface area (Å²) in [5.74, 6) is -1.19. The Morgan fingerprint density at radius 2 is 1.95 bits per heavy atom. The Bertz CT molecular complexity index is 382. The summed E-state index contributed by atoms with van der Waals surface area (Å²) in [5, 5.41) is 12.5. The van der Waals surface area contributed by atoms with Crippen LogP contribution in [0.1, 0.15) is 33.1 Å². The quantitative estimate of drug-likeness (QED) is 0.818. The predicted octanol–water partition coefficient (Wildman–Crippen LogP) is 1.22. The second kappa shape index (κ2) is 7.11. The first-order valence-corrected chi connectivity index (χ1v) is 8.03. The summed E-state index contributed by atoms with van der Waals surface area (Å²) < 4.78 is 0. The highest BCUT2D eigenvalue weighted by Gasteiger charge is 2.39. The number of carbonyl (C=O) groups is 2. The van der Waals surface area contributed by atoms with Crippen LogP contribution in [-0.2, 0) is 4.79 Å². The summed E-state index contributed by atoms with van der Waals surface area (Å²) in [4.78, 5) is 27.7. The number of urea groups is 1. The molecule has 0 unspecified atom stereocenters. The predicted molar refractivity (Wildman–Crippen MR) is 80.1 cm³/mol. The molecule has 0 bridgehead atoms. The zero-order valence-electron chi connectivity index (χ0n) is 13.0. The van der Waals surface area contributed by atoms with Gasteiger partial charge >= 0.3 is 12.0 Å². The number of aliphatic carboxylic acids is 1. The number of hydrogen-bond donors (Lipinski definition) is 2. The van der Waals surface area contributed by atoms with Crippen molar-refractivity contribution in [1.29, 1.82) is 0 Å². The van der Waals surface area contributed by atoms with Crippen molar-refractivity contribution < 1.29 is 14.7 Å². The molecule has 2 aliphatic rings. The molecule has 0 radical (unpaired) electrons. The molecule has 0 aromatic rings. The molecule has 0 aromatic heterocycles. The molecule has 0 saturated carbocycles. The molecule has 120 valence electrons. The number of nitrogens with zero attached hydrogens (tertiary/aromatic N) is 2. The van der Waals surface area contributed by atoms with E-state index < -0.39 is 11.9 Å². The second-order valence-corrected chi connectivity index (χ2v) is 6.28. The lowest BCUT2D eigenvalue weighted by atomic mass is 9.99. The fourth-order valence-electron chi connectivity index (χ4n) is 3.42. The molecular weight excluding hydrogens is 270 g/mol. The van der Waals surface area contributed by atoms with E-state index in [2.05, 4.69) is 12.2 Å². The van der Waals surface area contributed by atoms with Crippen LogP contribution in [0.3, 0.4) is 0 Å². The van der Waals surface area contributed by atoms with Gasteiger partial charge < -0.3 is 20.2 Å². The van der Waals surface area contributed by atoms with Gasteiger partial charge in [0.05, 0.1) is 5.92 Å². The number of carboxylic acid groups (broad SMARTS) is 1. The molecule has 2 atom stereocenters. The van der Waals surface area contributed by atoms with E-state index in [9.17, 15) is 14.7 Å². The van der Waals surface area contributed by atoms with Crippen LogP contribution in [-0.4, -0.2) is 65.7 Å². The van der Waals surface area contributed by atoms with Gasteiger partial charge in [-0.1, -0.05) is 13.8 Å². The van der Waals surface area contributed by atoms with Gasteiger partial charge in [0.2, 0.25) is 0 Å². The van der Waals surface area contributed by atoms with Gasteiger partial charge in [0.15, 0.2) is 0 Å². The Kier molecular flexibility index (Phi) is 5.45. The smallest absolute Gasteiger partial charge is 0.320 e. The van der Waals surface area contributed by atoms with E-state index in [1.165, 1.54) is 0 Å². The fraction of sp³-hybridized carbons (Fsp3) is 0.867. The van der Waals surface area contributed by atoms with Crippen LogP contribution in [0, 0.1) is 11.8 Å². The van der Waals surface area contributed by atoms with E-state index >= 15 is 0 Å². The van der Waals surface area contributed by atoms with E-state index in [1.807, 2.05) is 11.8 Å². The van der Waals surface area contributed by atoms with E-state index in [0.717, 1.165) is 38.9 Å². The molecule has 2 aliphatic heterocycles. The lowest BCUT2D eigenvalue weighted by Gasteiger charge is -2.37. The molecule has 2 amide bonds. The van der Waals surface area contributed by atoms with E-state index in [1.54, 1.807) is 4.90 Å². The van der Waals surface area contributed by atoms with Gasteiger partial charge in [-0.25, -0.2) is 4.79 Å². The summed E-state index contributed by atoms with van der Waals surface area (Å²) in [7, 11) is 0. The Morgan fingerprint density at radius 1 is 1.29 bits per heavy atom. The average Bonchev–Trinajstić information content (AvgIpc) is 2.87. The zero-order valence-corrected chi connectivity index (χ0v) is 13.0. The van der Waals surface area contributed by atoms with Crippen molar-refractivity contribution in [2.45, 2.75) is 39.2 Å². The number of rotatable bonds is 4. The van der Waals surface area contributed by atoms with Gasteiger partial charge in [0.1, 0.15) is 0 Å². The van der Waals surface area contributed by atoms with Crippen LogP contribution in [0.5, 0.6) is 0 Å². The summed E-state index contributed by atoms with van der Waals surface area (Å²) >= 11 is 0. The van der Waals surface area contributed by atoms with E-state index in [-0.39, 0.29) is 18.0 Å². The monoisotopic (exact) mass is 297 g/mol. The molecule has 2 rings (SSSR count). The minimum absolute atomic E-state index is 0.0272. The van der Waals surface area contributed by atoms with Crippen LogP contribution in [0.15, 0.2) is 0 Å². The Hall–Kier alpha value is -1.30. The average molecular weight is 297 g/mol. The van der Waals surface area contributed by atoms with Crippen LogP contribution in [0.2, 0.25) is 0 Å². The Morgan fingerprint density at radius 3 is 2.48 bits per heavy atom. The van der Waals surface area contributed by atoms with Crippen molar-refractivity contribution in [3.8, 4) is 0 Å². The molecule has 0 aromatic carbocycles. The van der Waals surface area contributed by atoms with Gasteiger partial charge in [0, 0.05) is 25.7 Å². The Balaban J connectivity index is 2.03.